The molecule has 0 radical (unpaired) electrons. The SMILES string of the molecule is ClP1Oc2cccc3cccc(c23)O1. The number of rotatable bonds is 0. The maximum absolute atomic E-state index is 5.85. The van der Waals surface area contributed by atoms with Gasteiger partial charge in [-0.05, 0) is 28.8 Å². The van der Waals surface area contributed by atoms with Gasteiger partial charge < -0.3 is 9.05 Å². The summed E-state index contributed by atoms with van der Waals surface area (Å²) in [6, 6.07) is 11.8. The Hall–Kier alpha value is -0.980. The van der Waals surface area contributed by atoms with Gasteiger partial charge >= 0.3 is 7.73 Å². The number of benzene rings is 2. The van der Waals surface area contributed by atoms with Gasteiger partial charge in [-0.15, -0.1) is 0 Å². The summed E-state index contributed by atoms with van der Waals surface area (Å²) in [5.74, 6) is 1.62. The molecule has 0 unspecified atom stereocenters. The van der Waals surface area contributed by atoms with Crippen LogP contribution in [0.25, 0.3) is 10.8 Å². The minimum Gasteiger partial charge on any atom is -0.426 e. The van der Waals surface area contributed by atoms with Crippen LogP contribution in [-0.2, 0) is 0 Å². The zero-order valence-corrected chi connectivity index (χ0v) is 8.76. The van der Waals surface area contributed by atoms with Crippen molar-refractivity contribution >= 4 is 29.7 Å². The molecular formula is C10H6ClO2P. The topological polar surface area (TPSA) is 18.5 Å². The number of halogens is 1. The van der Waals surface area contributed by atoms with Gasteiger partial charge in [-0.25, -0.2) is 0 Å². The molecule has 14 heavy (non-hydrogen) atoms. The zero-order valence-electron chi connectivity index (χ0n) is 7.11. The van der Waals surface area contributed by atoms with E-state index in [9.17, 15) is 0 Å². The van der Waals surface area contributed by atoms with Crippen molar-refractivity contribution in [2.24, 2.45) is 0 Å². The van der Waals surface area contributed by atoms with Gasteiger partial charge in [0.15, 0.2) is 0 Å². The maximum Gasteiger partial charge on any atom is 0.401 e. The quantitative estimate of drug-likeness (QED) is 0.628. The molecule has 0 atom stereocenters. The Kier molecular flexibility index (Phi) is 1.79. The Morgan fingerprint density at radius 2 is 1.50 bits per heavy atom. The molecule has 2 nitrogen and oxygen atoms in total. The lowest BCUT2D eigenvalue weighted by atomic mass is 10.1. The van der Waals surface area contributed by atoms with Crippen LogP contribution in [0, 0.1) is 0 Å². The van der Waals surface area contributed by atoms with E-state index in [4.69, 9.17) is 20.3 Å². The molecule has 2 aromatic rings. The molecule has 0 spiro atoms. The molecule has 3 rings (SSSR count). The van der Waals surface area contributed by atoms with Crippen molar-refractivity contribution < 1.29 is 9.05 Å². The van der Waals surface area contributed by atoms with E-state index in [1.54, 1.807) is 0 Å². The van der Waals surface area contributed by atoms with Gasteiger partial charge in [0, 0.05) is 0 Å². The third-order valence-corrected chi connectivity index (χ3v) is 3.26. The molecule has 70 valence electrons. The molecule has 0 saturated heterocycles. The smallest absolute Gasteiger partial charge is 0.401 e. The van der Waals surface area contributed by atoms with Crippen molar-refractivity contribution in [3.63, 3.8) is 0 Å². The summed E-state index contributed by atoms with van der Waals surface area (Å²) in [5.41, 5.74) is 0. The van der Waals surface area contributed by atoms with Gasteiger partial charge in [0.25, 0.3) is 0 Å². The highest BCUT2D eigenvalue weighted by molar-refractivity contribution is 7.76. The molecule has 4 heteroatoms. The predicted molar refractivity (Wildman–Crippen MR) is 58.0 cm³/mol. The first-order valence-electron chi connectivity index (χ1n) is 4.18. The van der Waals surface area contributed by atoms with Crippen molar-refractivity contribution in [3.8, 4) is 11.5 Å². The van der Waals surface area contributed by atoms with Gasteiger partial charge in [-0.3, -0.25) is 0 Å². The zero-order chi connectivity index (χ0) is 9.54. The molecule has 0 saturated carbocycles. The summed E-state index contributed by atoms with van der Waals surface area (Å²) < 4.78 is 10.8. The van der Waals surface area contributed by atoms with Gasteiger partial charge in [-0.2, -0.15) is 0 Å². The maximum atomic E-state index is 5.85. The van der Waals surface area contributed by atoms with Crippen LogP contribution < -0.4 is 9.05 Å². The Labute approximate surface area is 87.1 Å². The first kappa shape index (κ1) is 8.34. The molecule has 0 aliphatic carbocycles. The predicted octanol–water partition coefficient (Wildman–Crippen LogP) is 4.08. The lowest BCUT2D eigenvalue weighted by molar-refractivity contribution is 0.496. The van der Waals surface area contributed by atoms with Crippen molar-refractivity contribution in [2.45, 2.75) is 0 Å². The third kappa shape index (κ3) is 1.15. The Morgan fingerprint density at radius 1 is 0.929 bits per heavy atom. The molecular weight excluding hydrogens is 219 g/mol. The Bertz CT molecular complexity index is 460. The first-order chi connectivity index (χ1) is 6.84. The van der Waals surface area contributed by atoms with Crippen molar-refractivity contribution in [1.29, 1.82) is 0 Å². The van der Waals surface area contributed by atoms with E-state index in [1.165, 1.54) is 0 Å². The monoisotopic (exact) mass is 224 g/mol. The summed E-state index contributed by atoms with van der Waals surface area (Å²) in [7, 11) is -1.33. The molecule has 0 aromatic heterocycles. The van der Waals surface area contributed by atoms with Gasteiger partial charge in [0.1, 0.15) is 11.5 Å². The van der Waals surface area contributed by atoms with Crippen LogP contribution in [0.2, 0.25) is 0 Å². The molecule has 1 aliphatic heterocycles. The molecule has 0 amide bonds. The average Bonchev–Trinajstić information content (AvgIpc) is 2.18. The van der Waals surface area contributed by atoms with Crippen molar-refractivity contribution in [3.05, 3.63) is 36.4 Å². The largest absolute Gasteiger partial charge is 0.426 e. The lowest BCUT2D eigenvalue weighted by Gasteiger charge is -2.20. The van der Waals surface area contributed by atoms with Gasteiger partial charge in [-0.1, -0.05) is 24.3 Å². The van der Waals surface area contributed by atoms with E-state index in [0.717, 1.165) is 22.3 Å². The standard InChI is InChI=1S/C10H6ClO2P/c11-14-12-8-5-1-3-7-4-2-6-9(13-14)10(7)8/h1-6H. The highest BCUT2D eigenvalue weighted by Gasteiger charge is 2.21. The summed E-state index contributed by atoms with van der Waals surface area (Å²) in [6.45, 7) is 0. The first-order valence-corrected chi connectivity index (χ1v) is 6.26. The summed E-state index contributed by atoms with van der Waals surface area (Å²) in [4.78, 5) is 0. The third-order valence-electron chi connectivity index (χ3n) is 2.17. The highest BCUT2D eigenvalue weighted by atomic mass is 35.7. The van der Waals surface area contributed by atoms with E-state index in [0.29, 0.717) is 0 Å². The molecule has 0 bridgehead atoms. The number of hydrogen-bond donors (Lipinski definition) is 0. The van der Waals surface area contributed by atoms with Crippen LogP contribution in [0.5, 0.6) is 11.5 Å². The molecule has 1 aliphatic rings. The highest BCUT2D eigenvalue weighted by Crippen LogP contribution is 2.53. The van der Waals surface area contributed by atoms with Crippen LogP contribution in [0.15, 0.2) is 36.4 Å². The minimum atomic E-state index is -1.33. The summed E-state index contributed by atoms with van der Waals surface area (Å²) in [5, 5.41) is 2.12. The van der Waals surface area contributed by atoms with Gasteiger partial charge in [0.05, 0.1) is 5.39 Å². The minimum absolute atomic E-state index is 0.811. The lowest BCUT2D eigenvalue weighted by Crippen LogP contribution is -1.97. The van der Waals surface area contributed by atoms with Crippen LogP contribution in [0.4, 0.5) is 0 Å². The van der Waals surface area contributed by atoms with Crippen LogP contribution >= 0.6 is 19.0 Å². The fourth-order valence-corrected chi connectivity index (χ4v) is 2.70. The normalized spacial score (nSPS) is 14.9. The summed E-state index contributed by atoms with van der Waals surface area (Å²) >= 11 is 5.85. The second-order valence-corrected chi connectivity index (χ2v) is 4.62. The molecule has 1 heterocycles. The Morgan fingerprint density at radius 3 is 2.07 bits per heavy atom. The Balaban J connectivity index is 2.40. The van der Waals surface area contributed by atoms with E-state index in [1.807, 2.05) is 36.4 Å². The van der Waals surface area contributed by atoms with Crippen molar-refractivity contribution in [1.82, 2.24) is 0 Å². The van der Waals surface area contributed by atoms with E-state index in [-0.39, 0.29) is 0 Å². The van der Waals surface area contributed by atoms with Crippen LogP contribution in [0.1, 0.15) is 0 Å². The second-order valence-electron chi connectivity index (χ2n) is 3.01. The molecule has 0 N–H and O–H groups in total. The van der Waals surface area contributed by atoms with Gasteiger partial charge in [0.2, 0.25) is 0 Å². The van der Waals surface area contributed by atoms with Crippen LogP contribution in [0.3, 0.4) is 0 Å². The molecule has 2 aromatic carbocycles. The number of hydrogen-bond acceptors (Lipinski definition) is 2. The second kappa shape index (κ2) is 3.01. The van der Waals surface area contributed by atoms with E-state index < -0.39 is 7.73 Å². The average molecular weight is 225 g/mol. The fourth-order valence-electron chi connectivity index (χ4n) is 1.60. The van der Waals surface area contributed by atoms with E-state index >= 15 is 0 Å². The fraction of sp³-hybridized carbons (Fsp3) is 0. The molecule has 0 fully saturated rings. The summed E-state index contributed by atoms with van der Waals surface area (Å²) in [6.07, 6.45) is 0. The van der Waals surface area contributed by atoms with Crippen molar-refractivity contribution in [2.75, 3.05) is 0 Å². The van der Waals surface area contributed by atoms with Crippen LogP contribution in [-0.4, -0.2) is 0 Å². The van der Waals surface area contributed by atoms with E-state index in [2.05, 4.69) is 0 Å².